The summed E-state index contributed by atoms with van der Waals surface area (Å²) in [7, 11) is 0. The molecule has 4 rings (SSSR count). The van der Waals surface area contributed by atoms with E-state index < -0.39 is 11.2 Å². The van der Waals surface area contributed by atoms with Crippen LogP contribution in [0.5, 0.6) is 0 Å². The lowest BCUT2D eigenvalue weighted by Crippen LogP contribution is -2.52. The second-order valence-corrected chi connectivity index (χ2v) is 12.3. The summed E-state index contributed by atoms with van der Waals surface area (Å²) < 4.78 is 10.8. The van der Waals surface area contributed by atoms with Crippen LogP contribution in [0.25, 0.3) is 0 Å². The molecule has 0 aromatic heterocycles. The second-order valence-electron chi connectivity index (χ2n) is 12.3. The van der Waals surface area contributed by atoms with Crippen molar-refractivity contribution in [3.63, 3.8) is 0 Å². The maximum absolute atomic E-state index is 12.1. The van der Waals surface area contributed by atoms with Crippen LogP contribution in [0.1, 0.15) is 93.9 Å². The van der Waals surface area contributed by atoms with Gasteiger partial charge in [0.25, 0.3) is 0 Å². The topological polar surface area (TPSA) is 93.2 Å². The van der Waals surface area contributed by atoms with Crippen molar-refractivity contribution in [2.24, 2.45) is 11.8 Å². The summed E-state index contributed by atoms with van der Waals surface area (Å²) in [5, 5.41) is 0. The minimum absolute atomic E-state index is 0.0405. The molecular weight excluding hydrogens is 436 g/mol. The smallest absolute Gasteiger partial charge is 0.410 e. The monoisotopic (exact) mass is 478 g/mol. The highest BCUT2D eigenvalue weighted by molar-refractivity contribution is 5.86. The zero-order valence-electron chi connectivity index (χ0n) is 22.1. The van der Waals surface area contributed by atoms with Crippen LogP contribution in [0.2, 0.25) is 0 Å². The molecule has 0 aliphatic carbocycles. The molecule has 4 aliphatic heterocycles. The largest absolute Gasteiger partial charge is 0.444 e. The molecule has 0 saturated carbocycles. The van der Waals surface area contributed by atoms with Crippen molar-refractivity contribution in [3.8, 4) is 0 Å². The van der Waals surface area contributed by atoms with Crippen LogP contribution in [-0.4, -0.2) is 68.9 Å². The van der Waals surface area contributed by atoms with Crippen LogP contribution in [-0.2, 0) is 19.1 Å². The normalized spacial score (nSPS) is 32.8. The van der Waals surface area contributed by atoms with Gasteiger partial charge in [0, 0.05) is 48.8 Å². The molecule has 4 fully saturated rings. The van der Waals surface area contributed by atoms with Crippen LogP contribution < -0.4 is 0 Å². The Kier molecular flexibility index (Phi) is 7.40. The lowest BCUT2D eigenvalue weighted by atomic mass is 9.91. The van der Waals surface area contributed by atoms with Gasteiger partial charge in [0.1, 0.15) is 22.8 Å². The van der Waals surface area contributed by atoms with Crippen LogP contribution in [0, 0.1) is 11.8 Å². The minimum Gasteiger partial charge on any atom is -0.444 e. The molecule has 0 unspecified atom stereocenters. The van der Waals surface area contributed by atoms with E-state index in [9.17, 15) is 19.2 Å². The number of amides is 2. The van der Waals surface area contributed by atoms with Gasteiger partial charge in [-0.1, -0.05) is 13.8 Å². The zero-order valence-corrected chi connectivity index (χ0v) is 22.1. The third-order valence-corrected chi connectivity index (χ3v) is 7.34. The number of ketones is 2. The standard InChI is InChI=1S/2C13H21NO3/c2*1-8-10-6-5-9(7-11(8)15)14(10)12(16)17-13(2,3)4/h2*8-10H,5-7H2,1-4H3/t2*8-,9-,10+/m10/s1. The summed E-state index contributed by atoms with van der Waals surface area (Å²) in [6, 6.07) is 0.240. The van der Waals surface area contributed by atoms with Crippen molar-refractivity contribution in [3.05, 3.63) is 0 Å². The van der Waals surface area contributed by atoms with Gasteiger partial charge in [-0.15, -0.1) is 0 Å². The highest BCUT2D eigenvalue weighted by atomic mass is 16.6. The first-order chi connectivity index (χ1) is 15.6. The third-order valence-electron chi connectivity index (χ3n) is 7.34. The van der Waals surface area contributed by atoms with Crippen molar-refractivity contribution in [2.45, 2.75) is 129 Å². The highest BCUT2D eigenvalue weighted by Crippen LogP contribution is 2.39. The number of fused-ring (bicyclic) bond motifs is 4. The Hall–Kier alpha value is -2.12. The number of hydrogen-bond donors (Lipinski definition) is 0. The molecule has 0 radical (unpaired) electrons. The Labute approximate surface area is 203 Å². The van der Waals surface area contributed by atoms with E-state index in [2.05, 4.69) is 0 Å². The molecule has 4 heterocycles. The fraction of sp³-hybridized carbons (Fsp3) is 0.846. The number of rotatable bonds is 0. The first-order valence-electron chi connectivity index (χ1n) is 12.7. The van der Waals surface area contributed by atoms with Gasteiger partial charge in [0.05, 0.1) is 0 Å². The van der Waals surface area contributed by atoms with Crippen LogP contribution >= 0.6 is 0 Å². The number of hydrogen-bond acceptors (Lipinski definition) is 6. The Morgan fingerprint density at radius 2 is 1.00 bits per heavy atom. The maximum atomic E-state index is 12.1. The molecule has 6 atom stereocenters. The number of piperidine rings is 2. The van der Waals surface area contributed by atoms with Crippen LogP contribution in [0.3, 0.4) is 0 Å². The summed E-state index contributed by atoms with van der Waals surface area (Å²) in [5.41, 5.74) is -0.942. The predicted molar refractivity (Wildman–Crippen MR) is 127 cm³/mol. The predicted octanol–water partition coefficient (Wildman–Crippen LogP) is 4.73. The molecule has 0 N–H and O–H groups in total. The van der Waals surface area contributed by atoms with Gasteiger partial charge in [-0.25, -0.2) is 9.59 Å². The van der Waals surface area contributed by atoms with E-state index in [4.69, 9.17) is 9.47 Å². The van der Waals surface area contributed by atoms with E-state index in [1.54, 1.807) is 9.80 Å². The third kappa shape index (κ3) is 5.74. The molecule has 0 spiro atoms. The Morgan fingerprint density at radius 3 is 1.29 bits per heavy atom. The molecule has 2 amide bonds. The Morgan fingerprint density at radius 1 is 0.676 bits per heavy atom. The molecule has 8 heteroatoms. The fourth-order valence-corrected chi connectivity index (χ4v) is 5.67. The van der Waals surface area contributed by atoms with Crippen LogP contribution in [0.4, 0.5) is 9.59 Å². The first kappa shape index (κ1) is 26.5. The molecule has 0 aromatic rings. The maximum Gasteiger partial charge on any atom is 0.410 e. The summed E-state index contributed by atoms with van der Waals surface area (Å²) in [4.78, 5) is 51.3. The zero-order chi connectivity index (χ0) is 25.6. The first-order valence-corrected chi connectivity index (χ1v) is 12.7. The minimum atomic E-state index is -0.471. The molecule has 8 nitrogen and oxygen atoms in total. The van der Waals surface area contributed by atoms with Gasteiger partial charge in [-0.3, -0.25) is 9.59 Å². The second kappa shape index (κ2) is 9.50. The number of carbonyl (C=O) groups is 4. The van der Waals surface area contributed by atoms with E-state index >= 15 is 0 Å². The van der Waals surface area contributed by atoms with Gasteiger partial charge in [-0.2, -0.15) is 0 Å². The van der Waals surface area contributed by atoms with Crippen molar-refractivity contribution < 1.29 is 28.7 Å². The van der Waals surface area contributed by atoms with Gasteiger partial charge in [0.2, 0.25) is 0 Å². The van der Waals surface area contributed by atoms with E-state index in [0.717, 1.165) is 25.7 Å². The highest BCUT2D eigenvalue weighted by Gasteiger charge is 2.49. The van der Waals surface area contributed by atoms with Crippen LogP contribution in [0.15, 0.2) is 0 Å². The molecule has 34 heavy (non-hydrogen) atoms. The average Bonchev–Trinajstić information content (AvgIpc) is 3.21. The summed E-state index contributed by atoms with van der Waals surface area (Å²) in [6.07, 6.45) is 4.19. The van der Waals surface area contributed by atoms with Crippen molar-refractivity contribution in [1.82, 2.24) is 9.80 Å². The number of nitrogens with zero attached hydrogens (tertiary/aromatic N) is 2. The molecule has 4 bridgehead atoms. The number of carbonyl (C=O) groups excluding carboxylic acids is 4. The van der Waals surface area contributed by atoms with Crippen molar-refractivity contribution >= 4 is 23.8 Å². The van der Waals surface area contributed by atoms with Gasteiger partial charge < -0.3 is 19.3 Å². The lowest BCUT2D eigenvalue weighted by molar-refractivity contribution is -0.129. The molecule has 4 aliphatic rings. The van der Waals surface area contributed by atoms with Crippen molar-refractivity contribution in [1.29, 1.82) is 0 Å². The summed E-state index contributed by atoms with van der Waals surface area (Å²) in [5.74, 6) is 0.497. The van der Waals surface area contributed by atoms with E-state index in [1.807, 2.05) is 55.4 Å². The molecule has 0 aromatic carbocycles. The average molecular weight is 479 g/mol. The van der Waals surface area contributed by atoms with E-state index in [-0.39, 0.29) is 59.8 Å². The SMILES string of the molecule is C[C@@H]1C(=O)C[C@@H]2CC[C@H]1N2C(=O)OC(C)(C)C.C[C@H]1C(=O)C[C@H]2CC[C@@H]1N2C(=O)OC(C)(C)C. The van der Waals surface area contributed by atoms with Gasteiger partial charge >= 0.3 is 12.2 Å². The Balaban J connectivity index is 0.000000191. The van der Waals surface area contributed by atoms with Crippen molar-refractivity contribution in [2.75, 3.05) is 0 Å². The van der Waals surface area contributed by atoms with Gasteiger partial charge in [0.15, 0.2) is 0 Å². The molecular formula is C26H42N2O6. The molecule has 192 valence electrons. The van der Waals surface area contributed by atoms with Gasteiger partial charge in [-0.05, 0) is 67.2 Å². The quantitative estimate of drug-likeness (QED) is 0.500. The molecule has 4 saturated heterocycles. The lowest BCUT2D eigenvalue weighted by Gasteiger charge is -2.38. The van der Waals surface area contributed by atoms with E-state index in [0.29, 0.717) is 12.8 Å². The summed E-state index contributed by atoms with van der Waals surface area (Å²) >= 11 is 0. The fourth-order valence-electron chi connectivity index (χ4n) is 5.67. The Bertz CT molecular complexity index is 758. The number of ether oxygens (including phenoxy) is 2. The number of Topliss-reactive ketones (excluding diaryl/α,β-unsaturated/α-hetero) is 2. The summed E-state index contributed by atoms with van der Waals surface area (Å²) in [6.45, 7) is 15.0. The van der Waals surface area contributed by atoms with E-state index in [1.165, 1.54) is 0 Å².